The Morgan fingerprint density at radius 2 is 1.71 bits per heavy atom. The van der Waals surface area contributed by atoms with Gasteiger partial charge in [-0.15, -0.1) is 11.3 Å². The van der Waals surface area contributed by atoms with E-state index < -0.39 is 29.9 Å². The third-order valence-electron chi connectivity index (χ3n) is 7.02. The lowest BCUT2D eigenvalue weighted by Crippen LogP contribution is -2.57. The number of aryl methyl sites for hydroxylation is 1. The van der Waals surface area contributed by atoms with Crippen LogP contribution in [0.5, 0.6) is 0 Å². The van der Waals surface area contributed by atoms with E-state index in [1.54, 1.807) is 11.8 Å². The van der Waals surface area contributed by atoms with Gasteiger partial charge in [0.2, 0.25) is 29.5 Å². The molecule has 0 radical (unpaired) electrons. The molecule has 0 bridgehead atoms. The van der Waals surface area contributed by atoms with Crippen molar-refractivity contribution in [1.82, 2.24) is 31.2 Å². The summed E-state index contributed by atoms with van der Waals surface area (Å²) in [4.78, 5) is 71.4. The smallest absolute Gasteiger partial charge is 0.243 e. The number of nitrogens with zero attached hydrogens (tertiary/aromatic N) is 2. The zero-order chi connectivity index (χ0) is 30.6. The Bertz CT molecular complexity index is 1230. The fourth-order valence-electron chi connectivity index (χ4n) is 4.66. The molecule has 2 heterocycles. The zero-order valence-corrected chi connectivity index (χ0v) is 25.6. The lowest BCUT2D eigenvalue weighted by Gasteiger charge is -2.26. The first-order valence-corrected chi connectivity index (χ1v) is 15.3. The van der Waals surface area contributed by atoms with Gasteiger partial charge in [-0.25, -0.2) is 4.98 Å². The summed E-state index contributed by atoms with van der Waals surface area (Å²) in [7, 11) is 0. The molecule has 1 aromatic heterocycles. The average molecular weight is 599 g/mol. The van der Waals surface area contributed by atoms with Crippen molar-refractivity contribution in [2.24, 2.45) is 5.92 Å². The van der Waals surface area contributed by atoms with Crippen LogP contribution in [0.1, 0.15) is 56.3 Å². The number of carbonyl (C=O) groups excluding carboxylic acids is 5. The number of thiazole rings is 1. The van der Waals surface area contributed by atoms with Gasteiger partial charge in [-0.2, -0.15) is 0 Å². The number of rotatable bonds is 5. The summed E-state index contributed by atoms with van der Waals surface area (Å²) >= 11 is 1.48. The largest absolute Gasteiger partial charge is 0.354 e. The normalized spacial score (nSPS) is 21.9. The minimum Gasteiger partial charge on any atom is -0.354 e. The van der Waals surface area contributed by atoms with Gasteiger partial charge < -0.3 is 26.2 Å². The van der Waals surface area contributed by atoms with Gasteiger partial charge in [0.05, 0.1) is 17.1 Å². The van der Waals surface area contributed by atoms with E-state index in [1.165, 1.54) is 11.3 Å². The summed E-state index contributed by atoms with van der Waals surface area (Å²) in [6.07, 6.45) is 1.41. The van der Waals surface area contributed by atoms with Crippen molar-refractivity contribution in [3.05, 3.63) is 52.0 Å². The summed E-state index contributed by atoms with van der Waals surface area (Å²) in [5, 5.41) is 13.9. The van der Waals surface area contributed by atoms with E-state index in [9.17, 15) is 24.0 Å². The Labute approximate surface area is 251 Å². The minimum absolute atomic E-state index is 0.107. The molecule has 4 N–H and O–H groups in total. The van der Waals surface area contributed by atoms with Crippen molar-refractivity contribution in [3.63, 3.8) is 0 Å². The predicted molar refractivity (Wildman–Crippen MR) is 160 cm³/mol. The standard InChI is InChI=1S/C30H42N6O5S/c1-19(2)27-30(41)31-13-9-15-36(26(38)17-23-18-42-21(4)33-23)14-8-12-25(37)34-24(16-22-10-6-5-7-11-22)29(40)32-20(3)28(39)35-27/h5-7,10-11,18-20,24,27H,8-9,12-17H2,1-4H3,(H,31,41)(H,32,40)(H,34,37)(H,35,39)/t20-,24+,27-/m1/s1. The molecule has 5 amide bonds. The van der Waals surface area contributed by atoms with E-state index in [4.69, 9.17) is 0 Å². The van der Waals surface area contributed by atoms with E-state index in [1.807, 2.05) is 56.5 Å². The van der Waals surface area contributed by atoms with Crippen LogP contribution in [-0.4, -0.2) is 77.2 Å². The lowest BCUT2D eigenvalue weighted by atomic mass is 10.0. The molecule has 0 aliphatic carbocycles. The van der Waals surface area contributed by atoms with Crippen LogP contribution >= 0.6 is 11.3 Å². The van der Waals surface area contributed by atoms with Gasteiger partial charge in [0.1, 0.15) is 18.1 Å². The lowest BCUT2D eigenvalue weighted by molar-refractivity contribution is -0.134. The van der Waals surface area contributed by atoms with Gasteiger partial charge in [0.15, 0.2) is 0 Å². The molecule has 0 spiro atoms. The maximum absolute atomic E-state index is 13.3. The number of benzene rings is 1. The van der Waals surface area contributed by atoms with Gasteiger partial charge in [-0.3, -0.25) is 24.0 Å². The average Bonchev–Trinajstić information content (AvgIpc) is 3.36. The first-order valence-electron chi connectivity index (χ1n) is 14.4. The molecule has 3 atom stereocenters. The molecule has 3 rings (SSSR count). The number of hydrogen-bond donors (Lipinski definition) is 4. The molecule has 42 heavy (non-hydrogen) atoms. The van der Waals surface area contributed by atoms with E-state index in [2.05, 4.69) is 26.3 Å². The van der Waals surface area contributed by atoms with Crippen LogP contribution in [0.4, 0.5) is 0 Å². The van der Waals surface area contributed by atoms with E-state index >= 15 is 0 Å². The van der Waals surface area contributed by atoms with Crippen molar-refractivity contribution < 1.29 is 24.0 Å². The highest BCUT2D eigenvalue weighted by Gasteiger charge is 2.29. The number of hydrogen-bond acceptors (Lipinski definition) is 7. The van der Waals surface area contributed by atoms with E-state index in [-0.39, 0.29) is 42.9 Å². The SMILES string of the molecule is Cc1nc(CC(=O)N2CCCNC(=O)[C@@H](C(C)C)NC(=O)[C@@H](C)NC(=O)[C@H](Cc3ccccc3)NC(=O)CCC2)cs1. The maximum atomic E-state index is 13.3. The molecule has 0 unspecified atom stereocenters. The Hall–Kier alpha value is -3.80. The minimum atomic E-state index is -0.929. The van der Waals surface area contributed by atoms with E-state index in [0.29, 0.717) is 38.2 Å². The second kappa shape index (κ2) is 16.0. The fraction of sp³-hybridized carbons (Fsp3) is 0.533. The highest BCUT2D eigenvalue weighted by atomic mass is 32.1. The van der Waals surface area contributed by atoms with Crippen LogP contribution in [0.3, 0.4) is 0 Å². The summed E-state index contributed by atoms with van der Waals surface area (Å²) in [6, 6.07) is 6.64. The van der Waals surface area contributed by atoms with Gasteiger partial charge in [-0.05, 0) is 38.2 Å². The molecule has 1 aliphatic rings. The fourth-order valence-corrected chi connectivity index (χ4v) is 5.27. The van der Waals surface area contributed by atoms with Crippen molar-refractivity contribution in [3.8, 4) is 0 Å². The highest BCUT2D eigenvalue weighted by Crippen LogP contribution is 2.11. The molecule has 1 saturated heterocycles. The zero-order valence-electron chi connectivity index (χ0n) is 24.8. The van der Waals surface area contributed by atoms with Crippen LogP contribution in [0.25, 0.3) is 0 Å². The predicted octanol–water partition coefficient (Wildman–Crippen LogP) is 1.50. The topological polar surface area (TPSA) is 150 Å². The summed E-state index contributed by atoms with van der Waals surface area (Å²) in [6.45, 7) is 8.12. The number of carbonyl (C=O) groups is 5. The van der Waals surface area contributed by atoms with E-state index in [0.717, 1.165) is 10.6 Å². The first-order chi connectivity index (χ1) is 20.0. The molecule has 0 saturated carbocycles. The Morgan fingerprint density at radius 1 is 1.00 bits per heavy atom. The van der Waals surface area contributed by atoms with Gasteiger partial charge in [0.25, 0.3) is 0 Å². The third kappa shape index (κ3) is 10.2. The van der Waals surface area contributed by atoms with Crippen LogP contribution in [0.2, 0.25) is 0 Å². The summed E-state index contributed by atoms with van der Waals surface area (Å²) < 4.78 is 0. The number of aromatic nitrogens is 1. The van der Waals surface area contributed by atoms with Crippen LogP contribution in [0.15, 0.2) is 35.7 Å². The molecule has 1 aliphatic heterocycles. The second-order valence-corrected chi connectivity index (χ2v) is 12.0. The Morgan fingerprint density at radius 3 is 2.38 bits per heavy atom. The summed E-state index contributed by atoms with van der Waals surface area (Å²) in [5.74, 6) is -1.97. The van der Waals surface area contributed by atoms with Crippen molar-refractivity contribution in [1.29, 1.82) is 0 Å². The molecular formula is C30H42N6O5S. The molecule has 12 heteroatoms. The first kappa shape index (κ1) is 32.7. The van der Waals surface area contributed by atoms with Gasteiger partial charge in [-0.1, -0.05) is 44.2 Å². The monoisotopic (exact) mass is 598 g/mol. The van der Waals surface area contributed by atoms with Crippen molar-refractivity contribution in [2.75, 3.05) is 19.6 Å². The molecule has 1 aromatic carbocycles. The molecule has 2 aromatic rings. The van der Waals surface area contributed by atoms with Gasteiger partial charge >= 0.3 is 0 Å². The van der Waals surface area contributed by atoms with Crippen LogP contribution in [0, 0.1) is 12.8 Å². The van der Waals surface area contributed by atoms with Crippen molar-refractivity contribution >= 4 is 40.9 Å². The Balaban J connectivity index is 1.79. The molecule has 1 fully saturated rings. The van der Waals surface area contributed by atoms with Crippen molar-refractivity contribution in [2.45, 2.75) is 77.9 Å². The highest BCUT2D eigenvalue weighted by molar-refractivity contribution is 7.09. The second-order valence-electron chi connectivity index (χ2n) is 10.9. The molecular weight excluding hydrogens is 556 g/mol. The third-order valence-corrected chi connectivity index (χ3v) is 7.84. The maximum Gasteiger partial charge on any atom is 0.243 e. The van der Waals surface area contributed by atoms with Gasteiger partial charge in [0, 0.05) is 37.9 Å². The quantitative estimate of drug-likeness (QED) is 0.410. The van der Waals surface area contributed by atoms with Crippen LogP contribution < -0.4 is 21.3 Å². The van der Waals surface area contributed by atoms with Crippen LogP contribution in [-0.2, 0) is 36.8 Å². The molecule has 228 valence electrons. The Kier molecular flexibility index (Phi) is 12.5. The number of amides is 5. The summed E-state index contributed by atoms with van der Waals surface area (Å²) in [5.41, 5.74) is 1.55. The number of nitrogens with one attached hydrogen (secondary N) is 4. The molecule has 11 nitrogen and oxygen atoms in total.